The number of hydrogen-bond acceptors (Lipinski definition) is 5. The van der Waals surface area contributed by atoms with Gasteiger partial charge in [0.05, 0.1) is 19.2 Å². The number of aliphatic hydroxyl groups is 1. The summed E-state index contributed by atoms with van der Waals surface area (Å²) in [6.45, 7) is -0.289. The minimum atomic E-state index is -1.43. The summed E-state index contributed by atoms with van der Waals surface area (Å²) >= 11 is 0. The van der Waals surface area contributed by atoms with E-state index >= 15 is 0 Å². The van der Waals surface area contributed by atoms with Crippen LogP contribution in [0.1, 0.15) is 10.4 Å². The summed E-state index contributed by atoms with van der Waals surface area (Å²) in [6, 6.07) is 2.27. The first-order valence-electron chi connectivity index (χ1n) is 4.70. The molecule has 1 rings (SSSR count). The maximum absolute atomic E-state index is 12.5. The third kappa shape index (κ3) is 3.80. The maximum atomic E-state index is 12.5. The van der Waals surface area contributed by atoms with E-state index in [2.05, 4.69) is 15.0 Å². The molecular weight excluding hydrogens is 231 g/mol. The highest BCUT2D eigenvalue weighted by molar-refractivity contribution is 5.94. The van der Waals surface area contributed by atoms with Crippen molar-refractivity contribution in [3.05, 3.63) is 29.8 Å². The van der Waals surface area contributed by atoms with E-state index in [1.807, 2.05) is 0 Å². The minimum Gasteiger partial charge on any atom is -0.467 e. The highest BCUT2D eigenvalue weighted by Gasteiger charge is 2.16. The van der Waals surface area contributed by atoms with Gasteiger partial charge in [0, 0.05) is 6.20 Å². The van der Waals surface area contributed by atoms with Crippen molar-refractivity contribution in [3.63, 3.8) is 0 Å². The van der Waals surface area contributed by atoms with Gasteiger partial charge in [0.15, 0.2) is 6.10 Å². The minimum absolute atomic E-state index is 0.128. The van der Waals surface area contributed by atoms with E-state index in [1.54, 1.807) is 0 Å². The van der Waals surface area contributed by atoms with Gasteiger partial charge in [-0.05, 0) is 12.1 Å². The van der Waals surface area contributed by atoms with Gasteiger partial charge in [-0.2, -0.15) is 4.39 Å². The van der Waals surface area contributed by atoms with E-state index in [-0.39, 0.29) is 12.1 Å². The van der Waals surface area contributed by atoms with Crippen LogP contribution in [0.2, 0.25) is 0 Å². The van der Waals surface area contributed by atoms with Gasteiger partial charge in [0.1, 0.15) is 0 Å². The lowest BCUT2D eigenvalue weighted by atomic mass is 10.2. The zero-order chi connectivity index (χ0) is 12.8. The summed E-state index contributed by atoms with van der Waals surface area (Å²) < 4.78 is 16.7. The fourth-order valence-electron chi connectivity index (χ4n) is 1.02. The van der Waals surface area contributed by atoms with Crippen molar-refractivity contribution in [2.24, 2.45) is 0 Å². The van der Waals surface area contributed by atoms with Gasteiger partial charge in [-0.3, -0.25) is 4.79 Å². The summed E-state index contributed by atoms with van der Waals surface area (Å²) in [5, 5.41) is 11.5. The molecule has 1 atom stereocenters. The Labute approximate surface area is 96.4 Å². The number of methoxy groups -OCH3 is 1. The number of nitrogens with zero attached hydrogens (tertiary/aromatic N) is 1. The van der Waals surface area contributed by atoms with Crippen molar-refractivity contribution in [1.82, 2.24) is 10.3 Å². The molecule has 92 valence electrons. The Morgan fingerprint density at radius 2 is 2.29 bits per heavy atom. The van der Waals surface area contributed by atoms with E-state index in [0.29, 0.717) is 0 Å². The number of nitrogens with one attached hydrogen (secondary N) is 1. The molecule has 0 aliphatic rings. The van der Waals surface area contributed by atoms with Crippen LogP contribution in [0.3, 0.4) is 0 Å². The second kappa shape index (κ2) is 5.90. The normalized spacial score (nSPS) is 11.7. The molecule has 0 bridgehead atoms. The molecule has 1 unspecified atom stereocenters. The second-order valence-electron chi connectivity index (χ2n) is 3.12. The zero-order valence-electron chi connectivity index (χ0n) is 9.01. The second-order valence-corrected chi connectivity index (χ2v) is 3.12. The molecule has 0 aliphatic carbocycles. The molecule has 7 heteroatoms. The van der Waals surface area contributed by atoms with Crippen LogP contribution < -0.4 is 5.32 Å². The molecule has 6 nitrogen and oxygen atoms in total. The highest BCUT2D eigenvalue weighted by atomic mass is 19.1. The van der Waals surface area contributed by atoms with Gasteiger partial charge in [0.2, 0.25) is 5.95 Å². The fraction of sp³-hybridized carbons (Fsp3) is 0.300. The predicted octanol–water partition coefficient (Wildman–Crippen LogP) is -0.516. The average molecular weight is 242 g/mol. The van der Waals surface area contributed by atoms with Crippen LogP contribution in [-0.4, -0.2) is 41.7 Å². The lowest BCUT2D eigenvalue weighted by Crippen LogP contribution is -2.37. The van der Waals surface area contributed by atoms with Crippen LogP contribution in [0, 0.1) is 5.95 Å². The van der Waals surface area contributed by atoms with Crippen LogP contribution in [0.25, 0.3) is 0 Å². The van der Waals surface area contributed by atoms with Gasteiger partial charge in [-0.1, -0.05) is 0 Å². The van der Waals surface area contributed by atoms with Crippen molar-refractivity contribution in [2.45, 2.75) is 6.10 Å². The lowest BCUT2D eigenvalue weighted by molar-refractivity contribution is -0.149. The number of ether oxygens (including phenoxy) is 1. The fourth-order valence-corrected chi connectivity index (χ4v) is 1.02. The number of carbonyl (C=O) groups is 2. The number of carbonyl (C=O) groups excluding carboxylic acids is 2. The maximum Gasteiger partial charge on any atom is 0.336 e. The molecule has 0 saturated carbocycles. The van der Waals surface area contributed by atoms with E-state index < -0.39 is 23.9 Å². The Hall–Kier alpha value is -2.02. The van der Waals surface area contributed by atoms with E-state index in [9.17, 15) is 19.1 Å². The quantitative estimate of drug-likeness (QED) is 0.548. The van der Waals surface area contributed by atoms with Crippen LogP contribution in [-0.2, 0) is 9.53 Å². The molecule has 17 heavy (non-hydrogen) atoms. The van der Waals surface area contributed by atoms with Gasteiger partial charge >= 0.3 is 5.97 Å². The van der Waals surface area contributed by atoms with Gasteiger partial charge in [-0.15, -0.1) is 0 Å². The Kier molecular flexibility index (Phi) is 4.53. The summed E-state index contributed by atoms with van der Waals surface area (Å²) in [4.78, 5) is 25.6. The van der Waals surface area contributed by atoms with Crippen molar-refractivity contribution in [2.75, 3.05) is 13.7 Å². The molecular formula is C10H11FN2O4. The van der Waals surface area contributed by atoms with Gasteiger partial charge in [0.25, 0.3) is 5.91 Å². The van der Waals surface area contributed by atoms with Crippen molar-refractivity contribution in [3.8, 4) is 0 Å². The largest absolute Gasteiger partial charge is 0.467 e. The highest BCUT2D eigenvalue weighted by Crippen LogP contribution is 1.98. The standard InChI is InChI=1S/C10H11FN2O4/c1-17-10(16)7(14)5-13-9(15)6-2-3-8(11)12-4-6/h2-4,7,14H,5H2,1H3,(H,13,15). The number of aliphatic hydroxyl groups excluding tert-OH is 1. The molecule has 1 amide bonds. The van der Waals surface area contributed by atoms with Crippen molar-refractivity contribution < 1.29 is 23.8 Å². The number of pyridine rings is 1. The SMILES string of the molecule is COC(=O)C(O)CNC(=O)c1ccc(F)nc1. The van der Waals surface area contributed by atoms with Crippen molar-refractivity contribution >= 4 is 11.9 Å². The summed E-state index contributed by atoms with van der Waals surface area (Å²) in [6.07, 6.45) is -0.382. The third-order valence-electron chi connectivity index (χ3n) is 1.92. The monoisotopic (exact) mass is 242 g/mol. The topological polar surface area (TPSA) is 88.5 Å². The number of esters is 1. The van der Waals surface area contributed by atoms with E-state index in [1.165, 1.54) is 6.07 Å². The first kappa shape index (κ1) is 13.0. The van der Waals surface area contributed by atoms with Crippen LogP contribution in [0.4, 0.5) is 4.39 Å². The number of rotatable bonds is 4. The van der Waals surface area contributed by atoms with Crippen molar-refractivity contribution in [1.29, 1.82) is 0 Å². The summed E-state index contributed by atoms with van der Waals surface area (Å²) in [5.41, 5.74) is 0.128. The Morgan fingerprint density at radius 3 is 2.82 bits per heavy atom. The summed E-state index contributed by atoms with van der Waals surface area (Å²) in [7, 11) is 1.12. The molecule has 0 saturated heterocycles. The number of halogens is 1. The average Bonchev–Trinajstić information content (AvgIpc) is 2.35. The van der Waals surface area contributed by atoms with E-state index in [0.717, 1.165) is 19.4 Å². The Bertz CT molecular complexity index is 407. The molecule has 1 aromatic rings. The van der Waals surface area contributed by atoms with Crippen LogP contribution >= 0.6 is 0 Å². The first-order chi connectivity index (χ1) is 8.04. The zero-order valence-corrected chi connectivity index (χ0v) is 9.01. The molecule has 0 fully saturated rings. The first-order valence-corrected chi connectivity index (χ1v) is 4.70. The Balaban J connectivity index is 2.50. The molecule has 0 aromatic carbocycles. The molecule has 2 N–H and O–H groups in total. The molecule has 1 aromatic heterocycles. The third-order valence-corrected chi connectivity index (χ3v) is 1.92. The molecule has 0 spiro atoms. The van der Waals surface area contributed by atoms with Gasteiger partial charge < -0.3 is 15.2 Å². The van der Waals surface area contributed by atoms with E-state index in [4.69, 9.17) is 0 Å². The lowest BCUT2D eigenvalue weighted by Gasteiger charge is -2.09. The number of amides is 1. The molecule has 0 radical (unpaired) electrons. The molecule has 0 aliphatic heterocycles. The molecule has 1 heterocycles. The summed E-state index contributed by atoms with van der Waals surface area (Å²) in [5.74, 6) is -2.11. The van der Waals surface area contributed by atoms with Crippen LogP contribution in [0.5, 0.6) is 0 Å². The number of hydrogen-bond donors (Lipinski definition) is 2. The van der Waals surface area contributed by atoms with Crippen LogP contribution in [0.15, 0.2) is 18.3 Å². The number of aromatic nitrogens is 1. The predicted molar refractivity (Wildman–Crippen MR) is 54.6 cm³/mol. The van der Waals surface area contributed by atoms with Gasteiger partial charge in [-0.25, -0.2) is 9.78 Å². The smallest absolute Gasteiger partial charge is 0.336 e. The Morgan fingerprint density at radius 1 is 1.59 bits per heavy atom.